The smallest absolute Gasteiger partial charge is 0.0498 e. The minimum absolute atomic E-state index is 0.0482. The molecule has 1 aromatic carbocycles. The van der Waals surface area contributed by atoms with Crippen LogP contribution in [-0.4, -0.2) is 4.57 Å². The van der Waals surface area contributed by atoms with Gasteiger partial charge in [0.2, 0.25) is 0 Å². The van der Waals surface area contributed by atoms with E-state index in [4.69, 9.17) is 17.3 Å². The van der Waals surface area contributed by atoms with Crippen molar-refractivity contribution in [3.05, 3.63) is 35.0 Å². The number of hydrogen-bond donors (Lipinski definition) is 1. The van der Waals surface area contributed by atoms with E-state index in [1.165, 1.54) is 16.5 Å². The standard InChI is InChI=1S/C14H19ClN2/c1-9(2)7-17-8-13(10(3)16)12-5-4-11(15)6-14(12)17/h4-6,8-10H,7,16H2,1-3H3/t10-/m1/s1. The number of benzene rings is 1. The average molecular weight is 251 g/mol. The lowest BCUT2D eigenvalue weighted by molar-refractivity contribution is 0.534. The Morgan fingerprint density at radius 2 is 2.00 bits per heavy atom. The second-order valence-electron chi connectivity index (χ2n) is 5.08. The number of rotatable bonds is 3. The third-order valence-electron chi connectivity index (χ3n) is 2.93. The zero-order chi connectivity index (χ0) is 12.6. The van der Waals surface area contributed by atoms with Crippen molar-refractivity contribution in [1.82, 2.24) is 4.57 Å². The molecule has 0 aliphatic heterocycles. The molecular weight excluding hydrogens is 232 g/mol. The molecule has 3 heteroatoms. The lowest BCUT2D eigenvalue weighted by Gasteiger charge is -2.08. The van der Waals surface area contributed by atoms with Gasteiger partial charge in [-0.2, -0.15) is 0 Å². The van der Waals surface area contributed by atoms with Gasteiger partial charge in [0.1, 0.15) is 0 Å². The molecule has 0 bridgehead atoms. The Bertz CT molecular complexity index is 526. The Kier molecular flexibility index (Phi) is 3.45. The van der Waals surface area contributed by atoms with Crippen LogP contribution in [0.25, 0.3) is 10.9 Å². The Hall–Kier alpha value is -0.990. The predicted octanol–water partition coefficient (Wildman–Crippen LogP) is 3.97. The summed E-state index contributed by atoms with van der Waals surface area (Å²) in [6.45, 7) is 7.43. The van der Waals surface area contributed by atoms with Crippen LogP contribution in [0.3, 0.4) is 0 Å². The molecule has 2 N–H and O–H groups in total. The molecule has 0 fully saturated rings. The van der Waals surface area contributed by atoms with Crippen molar-refractivity contribution in [2.75, 3.05) is 0 Å². The maximum Gasteiger partial charge on any atom is 0.0498 e. The van der Waals surface area contributed by atoms with E-state index < -0.39 is 0 Å². The quantitative estimate of drug-likeness (QED) is 0.878. The van der Waals surface area contributed by atoms with Crippen molar-refractivity contribution in [3.8, 4) is 0 Å². The summed E-state index contributed by atoms with van der Waals surface area (Å²) in [5.41, 5.74) is 8.39. The highest BCUT2D eigenvalue weighted by Crippen LogP contribution is 2.28. The van der Waals surface area contributed by atoms with Gasteiger partial charge in [0.15, 0.2) is 0 Å². The van der Waals surface area contributed by atoms with Crippen molar-refractivity contribution in [1.29, 1.82) is 0 Å². The molecule has 2 rings (SSSR count). The molecule has 0 saturated carbocycles. The molecule has 1 heterocycles. The van der Waals surface area contributed by atoms with Crippen molar-refractivity contribution < 1.29 is 0 Å². The summed E-state index contributed by atoms with van der Waals surface area (Å²) in [7, 11) is 0. The molecule has 0 spiro atoms. The lowest BCUT2D eigenvalue weighted by atomic mass is 10.1. The first kappa shape index (κ1) is 12.5. The van der Waals surface area contributed by atoms with Crippen molar-refractivity contribution in [3.63, 3.8) is 0 Å². The van der Waals surface area contributed by atoms with Crippen LogP contribution in [-0.2, 0) is 6.54 Å². The maximum atomic E-state index is 6.07. The fourth-order valence-electron chi connectivity index (χ4n) is 2.20. The van der Waals surface area contributed by atoms with Gasteiger partial charge in [0.05, 0.1) is 0 Å². The molecule has 0 unspecified atom stereocenters. The van der Waals surface area contributed by atoms with Gasteiger partial charge < -0.3 is 10.3 Å². The number of aromatic nitrogens is 1. The SMILES string of the molecule is CC(C)Cn1cc([C@@H](C)N)c2ccc(Cl)cc21. The van der Waals surface area contributed by atoms with E-state index in [9.17, 15) is 0 Å². The zero-order valence-electron chi connectivity index (χ0n) is 10.6. The fourth-order valence-corrected chi connectivity index (χ4v) is 2.37. The van der Waals surface area contributed by atoms with Gasteiger partial charge in [-0.25, -0.2) is 0 Å². The molecule has 2 aromatic rings. The number of halogens is 1. The molecule has 0 amide bonds. The Labute approximate surface area is 107 Å². The first-order chi connectivity index (χ1) is 7.99. The molecule has 2 nitrogen and oxygen atoms in total. The second-order valence-corrected chi connectivity index (χ2v) is 5.52. The van der Waals surface area contributed by atoms with Gasteiger partial charge in [0, 0.05) is 34.7 Å². The van der Waals surface area contributed by atoms with Crippen LogP contribution in [0.4, 0.5) is 0 Å². The van der Waals surface area contributed by atoms with E-state index in [0.717, 1.165) is 11.6 Å². The van der Waals surface area contributed by atoms with E-state index in [2.05, 4.69) is 30.7 Å². The van der Waals surface area contributed by atoms with Crippen LogP contribution in [0.1, 0.15) is 32.4 Å². The average Bonchev–Trinajstić information content (AvgIpc) is 2.56. The van der Waals surface area contributed by atoms with Crippen LogP contribution in [0, 0.1) is 5.92 Å². The molecule has 1 aromatic heterocycles. The molecule has 0 aliphatic rings. The molecule has 1 atom stereocenters. The Morgan fingerprint density at radius 3 is 2.59 bits per heavy atom. The van der Waals surface area contributed by atoms with Gasteiger partial charge in [0.25, 0.3) is 0 Å². The van der Waals surface area contributed by atoms with Crippen LogP contribution in [0.2, 0.25) is 5.02 Å². The minimum Gasteiger partial charge on any atom is -0.347 e. The van der Waals surface area contributed by atoms with Gasteiger partial charge in [-0.05, 0) is 30.5 Å². The second kappa shape index (κ2) is 4.71. The van der Waals surface area contributed by atoms with E-state index in [1.54, 1.807) is 0 Å². The first-order valence-corrected chi connectivity index (χ1v) is 6.40. The summed E-state index contributed by atoms with van der Waals surface area (Å²) < 4.78 is 2.25. The Balaban J connectivity index is 2.62. The molecule has 0 radical (unpaired) electrons. The highest BCUT2D eigenvalue weighted by Gasteiger charge is 2.12. The van der Waals surface area contributed by atoms with Crippen molar-refractivity contribution in [2.45, 2.75) is 33.4 Å². The molecular formula is C14H19ClN2. The number of nitrogens with two attached hydrogens (primary N) is 1. The van der Waals surface area contributed by atoms with Crippen LogP contribution >= 0.6 is 11.6 Å². The Morgan fingerprint density at radius 1 is 1.29 bits per heavy atom. The topological polar surface area (TPSA) is 30.9 Å². The van der Waals surface area contributed by atoms with Gasteiger partial charge in [-0.1, -0.05) is 31.5 Å². The van der Waals surface area contributed by atoms with Gasteiger partial charge in [-0.15, -0.1) is 0 Å². The highest BCUT2D eigenvalue weighted by molar-refractivity contribution is 6.31. The predicted molar refractivity (Wildman–Crippen MR) is 74.4 cm³/mol. The summed E-state index contributed by atoms with van der Waals surface area (Å²) in [6.07, 6.45) is 2.16. The first-order valence-electron chi connectivity index (χ1n) is 6.03. The van der Waals surface area contributed by atoms with Crippen molar-refractivity contribution >= 4 is 22.5 Å². The number of nitrogens with zero attached hydrogens (tertiary/aromatic N) is 1. The summed E-state index contributed by atoms with van der Waals surface area (Å²) in [5, 5.41) is 1.99. The van der Waals surface area contributed by atoms with Crippen LogP contribution < -0.4 is 5.73 Å². The van der Waals surface area contributed by atoms with Crippen molar-refractivity contribution in [2.24, 2.45) is 11.7 Å². The van der Waals surface area contributed by atoms with Crippen LogP contribution in [0.5, 0.6) is 0 Å². The third kappa shape index (κ3) is 2.48. The minimum atomic E-state index is 0.0482. The van der Waals surface area contributed by atoms with Crippen LogP contribution in [0.15, 0.2) is 24.4 Å². The van der Waals surface area contributed by atoms with E-state index in [1.807, 2.05) is 19.1 Å². The third-order valence-corrected chi connectivity index (χ3v) is 3.16. The summed E-state index contributed by atoms with van der Waals surface area (Å²) >= 11 is 6.07. The van der Waals surface area contributed by atoms with E-state index >= 15 is 0 Å². The molecule has 0 saturated heterocycles. The molecule has 17 heavy (non-hydrogen) atoms. The van der Waals surface area contributed by atoms with Gasteiger partial charge in [-0.3, -0.25) is 0 Å². The lowest BCUT2D eigenvalue weighted by Crippen LogP contribution is -2.05. The summed E-state index contributed by atoms with van der Waals surface area (Å²) in [4.78, 5) is 0. The number of hydrogen-bond acceptors (Lipinski definition) is 1. The highest BCUT2D eigenvalue weighted by atomic mass is 35.5. The zero-order valence-corrected chi connectivity index (χ0v) is 11.3. The normalized spacial score (nSPS) is 13.5. The molecule has 92 valence electrons. The summed E-state index contributed by atoms with van der Waals surface area (Å²) in [5.74, 6) is 0.602. The van der Waals surface area contributed by atoms with Gasteiger partial charge >= 0.3 is 0 Å². The summed E-state index contributed by atoms with van der Waals surface area (Å²) in [6, 6.07) is 6.06. The van der Waals surface area contributed by atoms with E-state index in [0.29, 0.717) is 5.92 Å². The monoisotopic (exact) mass is 250 g/mol. The number of fused-ring (bicyclic) bond motifs is 1. The fraction of sp³-hybridized carbons (Fsp3) is 0.429. The van der Waals surface area contributed by atoms with E-state index in [-0.39, 0.29) is 6.04 Å². The maximum absolute atomic E-state index is 6.07. The molecule has 0 aliphatic carbocycles. The largest absolute Gasteiger partial charge is 0.347 e.